The Bertz CT molecular complexity index is 298. The molecule has 0 aromatic heterocycles. The average Bonchev–Trinajstić information content (AvgIpc) is 2.29. The molecule has 0 bridgehead atoms. The second-order valence-electron chi connectivity index (χ2n) is 3.96. The summed E-state index contributed by atoms with van der Waals surface area (Å²) in [5, 5.41) is 21.1. The van der Waals surface area contributed by atoms with Gasteiger partial charge in [-0.25, -0.2) is 0 Å². The third-order valence-corrected chi connectivity index (χ3v) is 2.94. The first-order valence-corrected chi connectivity index (χ1v) is 6.17. The van der Waals surface area contributed by atoms with Gasteiger partial charge < -0.3 is 15.5 Å². The van der Waals surface area contributed by atoms with Crippen LogP contribution in [0.15, 0.2) is 28.7 Å². The van der Waals surface area contributed by atoms with Gasteiger partial charge in [-0.05, 0) is 31.0 Å². The maximum Gasteiger partial charge on any atom is 0.0607 e. The molecular formula is C12H18BrNO2. The second kappa shape index (κ2) is 7.01. The summed E-state index contributed by atoms with van der Waals surface area (Å²) in [6.07, 6.45) is 0.879. The standard InChI is InChI=1S/C12H18BrNO2/c1-9(14-12(7-15)8-16)6-10-2-4-11(13)5-3-10/h2-5,9,12,14-16H,6-8H2,1H3. The van der Waals surface area contributed by atoms with Gasteiger partial charge in [0.05, 0.1) is 19.3 Å². The summed E-state index contributed by atoms with van der Waals surface area (Å²) >= 11 is 3.39. The van der Waals surface area contributed by atoms with Crippen LogP contribution in [0.1, 0.15) is 12.5 Å². The number of aliphatic hydroxyl groups is 2. The van der Waals surface area contributed by atoms with Crippen LogP contribution in [0.5, 0.6) is 0 Å². The van der Waals surface area contributed by atoms with Gasteiger partial charge in [-0.2, -0.15) is 0 Å². The van der Waals surface area contributed by atoms with E-state index in [1.54, 1.807) is 0 Å². The van der Waals surface area contributed by atoms with Crippen LogP contribution in [-0.4, -0.2) is 35.5 Å². The molecule has 1 aromatic rings. The van der Waals surface area contributed by atoms with Crippen LogP contribution >= 0.6 is 15.9 Å². The van der Waals surface area contributed by atoms with Crippen molar-refractivity contribution in [1.29, 1.82) is 0 Å². The number of benzene rings is 1. The van der Waals surface area contributed by atoms with Crippen molar-refractivity contribution in [3.8, 4) is 0 Å². The lowest BCUT2D eigenvalue weighted by molar-refractivity contribution is 0.163. The van der Waals surface area contributed by atoms with Crippen LogP contribution < -0.4 is 5.32 Å². The van der Waals surface area contributed by atoms with Crippen LogP contribution in [0.25, 0.3) is 0 Å². The van der Waals surface area contributed by atoms with E-state index in [-0.39, 0.29) is 25.3 Å². The maximum absolute atomic E-state index is 8.95. The maximum atomic E-state index is 8.95. The quantitative estimate of drug-likeness (QED) is 0.740. The van der Waals surface area contributed by atoms with Gasteiger partial charge in [-0.15, -0.1) is 0 Å². The molecule has 0 amide bonds. The van der Waals surface area contributed by atoms with Gasteiger partial charge in [0.1, 0.15) is 0 Å². The Morgan fingerprint density at radius 2 is 1.75 bits per heavy atom. The molecule has 1 aromatic carbocycles. The normalized spacial score (nSPS) is 13.1. The summed E-state index contributed by atoms with van der Waals surface area (Å²) in [6, 6.07) is 8.15. The van der Waals surface area contributed by atoms with E-state index in [1.165, 1.54) is 5.56 Å². The van der Waals surface area contributed by atoms with Gasteiger partial charge in [-0.3, -0.25) is 0 Å². The highest BCUT2D eigenvalue weighted by atomic mass is 79.9. The second-order valence-corrected chi connectivity index (χ2v) is 4.88. The topological polar surface area (TPSA) is 52.5 Å². The van der Waals surface area contributed by atoms with Crippen molar-refractivity contribution < 1.29 is 10.2 Å². The summed E-state index contributed by atoms with van der Waals surface area (Å²) in [4.78, 5) is 0. The zero-order valence-corrected chi connectivity index (χ0v) is 10.9. The van der Waals surface area contributed by atoms with Crippen molar-refractivity contribution in [3.63, 3.8) is 0 Å². The van der Waals surface area contributed by atoms with Gasteiger partial charge in [0, 0.05) is 10.5 Å². The minimum atomic E-state index is -0.231. The highest BCUT2D eigenvalue weighted by molar-refractivity contribution is 9.10. The molecule has 0 heterocycles. The van der Waals surface area contributed by atoms with Crippen molar-refractivity contribution in [2.24, 2.45) is 0 Å². The van der Waals surface area contributed by atoms with Crippen LogP contribution in [0.3, 0.4) is 0 Å². The molecule has 1 atom stereocenters. The number of halogens is 1. The van der Waals surface area contributed by atoms with Crippen molar-refractivity contribution >= 4 is 15.9 Å². The van der Waals surface area contributed by atoms with Crippen molar-refractivity contribution in [2.45, 2.75) is 25.4 Å². The molecule has 1 rings (SSSR count). The van der Waals surface area contributed by atoms with E-state index in [2.05, 4.69) is 33.4 Å². The minimum Gasteiger partial charge on any atom is -0.395 e. The zero-order chi connectivity index (χ0) is 12.0. The van der Waals surface area contributed by atoms with Crippen molar-refractivity contribution in [2.75, 3.05) is 13.2 Å². The highest BCUT2D eigenvalue weighted by Gasteiger charge is 2.10. The van der Waals surface area contributed by atoms with Gasteiger partial charge in [0.2, 0.25) is 0 Å². The summed E-state index contributed by atoms with van der Waals surface area (Å²) in [5.41, 5.74) is 1.23. The molecule has 4 heteroatoms. The Hall–Kier alpha value is -0.420. The van der Waals surface area contributed by atoms with Gasteiger partial charge in [0.15, 0.2) is 0 Å². The fourth-order valence-electron chi connectivity index (χ4n) is 1.60. The molecule has 90 valence electrons. The summed E-state index contributed by atoms with van der Waals surface area (Å²) < 4.78 is 1.07. The molecule has 0 fully saturated rings. The molecule has 0 radical (unpaired) electrons. The van der Waals surface area contributed by atoms with Crippen LogP contribution in [0, 0.1) is 0 Å². The van der Waals surface area contributed by atoms with E-state index in [1.807, 2.05) is 19.1 Å². The fraction of sp³-hybridized carbons (Fsp3) is 0.500. The molecule has 0 spiro atoms. The first-order valence-electron chi connectivity index (χ1n) is 5.38. The monoisotopic (exact) mass is 287 g/mol. The van der Waals surface area contributed by atoms with E-state index < -0.39 is 0 Å². The summed E-state index contributed by atoms with van der Waals surface area (Å²) in [6.45, 7) is 1.96. The molecule has 0 aliphatic carbocycles. The fourth-order valence-corrected chi connectivity index (χ4v) is 1.86. The lowest BCUT2D eigenvalue weighted by Gasteiger charge is -2.19. The highest BCUT2D eigenvalue weighted by Crippen LogP contribution is 2.11. The number of hydrogen-bond donors (Lipinski definition) is 3. The summed E-state index contributed by atoms with van der Waals surface area (Å²) in [5.74, 6) is 0. The first-order chi connectivity index (χ1) is 7.65. The Morgan fingerprint density at radius 3 is 2.25 bits per heavy atom. The summed E-state index contributed by atoms with van der Waals surface area (Å²) in [7, 11) is 0. The molecule has 1 unspecified atom stereocenters. The Balaban J connectivity index is 2.44. The molecule has 3 nitrogen and oxygen atoms in total. The number of hydrogen-bond acceptors (Lipinski definition) is 3. The molecule has 16 heavy (non-hydrogen) atoms. The number of rotatable bonds is 6. The average molecular weight is 288 g/mol. The first kappa shape index (κ1) is 13.6. The predicted octanol–water partition coefficient (Wildman–Crippen LogP) is 1.32. The van der Waals surface area contributed by atoms with E-state index >= 15 is 0 Å². The van der Waals surface area contributed by atoms with Gasteiger partial charge in [0.25, 0.3) is 0 Å². The minimum absolute atomic E-state index is 0.0405. The Labute approximate surface area is 105 Å². The number of aliphatic hydroxyl groups excluding tert-OH is 2. The zero-order valence-electron chi connectivity index (χ0n) is 9.36. The lowest BCUT2D eigenvalue weighted by atomic mass is 10.1. The lowest BCUT2D eigenvalue weighted by Crippen LogP contribution is -2.42. The molecule has 0 saturated heterocycles. The third-order valence-electron chi connectivity index (χ3n) is 2.42. The molecule has 0 aliphatic rings. The van der Waals surface area contributed by atoms with Crippen molar-refractivity contribution in [3.05, 3.63) is 34.3 Å². The van der Waals surface area contributed by atoms with E-state index in [0.717, 1.165) is 10.9 Å². The van der Waals surface area contributed by atoms with Crippen LogP contribution in [0.2, 0.25) is 0 Å². The molecular weight excluding hydrogens is 270 g/mol. The van der Waals surface area contributed by atoms with Crippen LogP contribution in [0.4, 0.5) is 0 Å². The Morgan fingerprint density at radius 1 is 1.19 bits per heavy atom. The van der Waals surface area contributed by atoms with Crippen molar-refractivity contribution in [1.82, 2.24) is 5.32 Å². The molecule has 0 aliphatic heterocycles. The molecule has 0 saturated carbocycles. The van der Waals surface area contributed by atoms with E-state index in [0.29, 0.717) is 0 Å². The van der Waals surface area contributed by atoms with Gasteiger partial charge in [-0.1, -0.05) is 28.1 Å². The molecule has 3 N–H and O–H groups in total. The Kier molecular flexibility index (Phi) is 5.98. The number of nitrogens with one attached hydrogen (secondary N) is 1. The smallest absolute Gasteiger partial charge is 0.0607 e. The van der Waals surface area contributed by atoms with Crippen LogP contribution in [-0.2, 0) is 6.42 Å². The SMILES string of the molecule is CC(Cc1ccc(Br)cc1)NC(CO)CO. The third kappa shape index (κ3) is 4.61. The van der Waals surface area contributed by atoms with Gasteiger partial charge >= 0.3 is 0 Å². The van der Waals surface area contributed by atoms with E-state index in [4.69, 9.17) is 10.2 Å². The predicted molar refractivity (Wildman–Crippen MR) is 68.4 cm³/mol. The largest absolute Gasteiger partial charge is 0.395 e. The van der Waals surface area contributed by atoms with E-state index in [9.17, 15) is 0 Å².